The van der Waals surface area contributed by atoms with Gasteiger partial charge >= 0.3 is 0 Å². The summed E-state index contributed by atoms with van der Waals surface area (Å²) in [6, 6.07) is 16.8. The summed E-state index contributed by atoms with van der Waals surface area (Å²) in [6.45, 7) is 0.339. The molecule has 2 aromatic heterocycles. The maximum atomic E-state index is 12.7. The minimum atomic E-state index is -0.246. The quantitative estimate of drug-likeness (QED) is 0.542. The summed E-state index contributed by atoms with van der Waals surface area (Å²) in [6.07, 6.45) is 1.59. The van der Waals surface area contributed by atoms with E-state index in [-0.39, 0.29) is 5.91 Å². The van der Waals surface area contributed by atoms with Crippen LogP contribution in [0.25, 0.3) is 11.0 Å². The molecule has 4 aromatic rings. The van der Waals surface area contributed by atoms with E-state index in [9.17, 15) is 4.79 Å². The summed E-state index contributed by atoms with van der Waals surface area (Å²) in [4.78, 5) is 17.4. The number of ether oxygens (including phenoxy) is 1. The fourth-order valence-electron chi connectivity index (χ4n) is 2.57. The highest BCUT2D eigenvalue weighted by Gasteiger charge is 2.16. The summed E-state index contributed by atoms with van der Waals surface area (Å²) < 4.78 is 7.42. The normalized spacial score (nSPS) is 10.8. The third-order valence-electron chi connectivity index (χ3n) is 3.79. The van der Waals surface area contributed by atoms with Crippen molar-refractivity contribution in [2.45, 2.75) is 6.61 Å². The Morgan fingerprint density at radius 3 is 2.96 bits per heavy atom. The van der Waals surface area contributed by atoms with Gasteiger partial charge in [-0.1, -0.05) is 35.9 Å². The van der Waals surface area contributed by atoms with Crippen LogP contribution in [0.3, 0.4) is 0 Å². The van der Waals surface area contributed by atoms with E-state index in [1.165, 1.54) is 11.3 Å². The van der Waals surface area contributed by atoms with Crippen LogP contribution < -0.4 is 10.2 Å². The molecule has 0 bridgehead atoms. The first-order valence-corrected chi connectivity index (χ1v) is 9.14. The number of benzene rings is 2. The molecule has 0 aliphatic rings. The van der Waals surface area contributed by atoms with Crippen molar-refractivity contribution in [3.05, 3.63) is 81.8 Å². The topological polar surface area (TPSA) is 56.2 Å². The Balaban J connectivity index is 1.50. The van der Waals surface area contributed by atoms with Crippen molar-refractivity contribution in [1.29, 1.82) is 0 Å². The predicted molar refractivity (Wildman–Crippen MR) is 104 cm³/mol. The number of rotatable bonds is 5. The largest absolute Gasteiger partial charge is 0.487 e. The monoisotopic (exact) mass is 383 g/mol. The van der Waals surface area contributed by atoms with E-state index in [2.05, 4.69) is 10.4 Å². The number of nitrogens with one attached hydrogen (secondary N) is 1. The molecular weight excluding hydrogens is 370 g/mol. The van der Waals surface area contributed by atoms with Crippen LogP contribution in [-0.4, -0.2) is 15.6 Å². The molecule has 5 nitrogen and oxygen atoms in total. The van der Waals surface area contributed by atoms with Crippen LogP contribution in [0.2, 0.25) is 5.02 Å². The van der Waals surface area contributed by atoms with Gasteiger partial charge in [-0.25, -0.2) is 9.66 Å². The number of amides is 1. The minimum absolute atomic E-state index is 0.246. The molecule has 0 aliphatic carbocycles. The number of nitrogens with zero attached hydrogens (tertiary/aromatic N) is 2. The van der Waals surface area contributed by atoms with E-state index in [1.807, 2.05) is 53.9 Å². The van der Waals surface area contributed by atoms with Crippen molar-refractivity contribution in [3.8, 4) is 5.75 Å². The highest BCUT2D eigenvalue weighted by atomic mass is 35.5. The van der Waals surface area contributed by atoms with Crippen molar-refractivity contribution in [2.75, 3.05) is 5.43 Å². The van der Waals surface area contributed by atoms with Crippen molar-refractivity contribution in [1.82, 2.24) is 9.66 Å². The zero-order valence-electron chi connectivity index (χ0n) is 13.6. The molecule has 2 aromatic carbocycles. The zero-order valence-corrected chi connectivity index (χ0v) is 15.1. The summed E-state index contributed by atoms with van der Waals surface area (Å²) >= 11 is 7.31. The molecule has 0 unspecified atom stereocenters. The Hall–Kier alpha value is -2.83. The van der Waals surface area contributed by atoms with Gasteiger partial charge in [0.15, 0.2) is 0 Å². The van der Waals surface area contributed by atoms with E-state index >= 15 is 0 Å². The number of hydrogen-bond acceptors (Lipinski definition) is 4. The fraction of sp³-hybridized carbons (Fsp3) is 0.0526. The number of hydrogen-bond donors (Lipinski definition) is 1. The molecule has 4 rings (SSSR count). The lowest BCUT2D eigenvalue weighted by molar-refractivity contribution is 0.101. The van der Waals surface area contributed by atoms with Crippen LogP contribution in [0, 0.1) is 0 Å². The SMILES string of the molecule is O=C(Nn1cnc2ccccc21)c1sccc1OCc1cccc(Cl)c1. The molecule has 0 atom stereocenters. The first kappa shape index (κ1) is 16.6. The van der Waals surface area contributed by atoms with Crippen molar-refractivity contribution in [3.63, 3.8) is 0 Å². The molecule has 7 heteroatoms. The molecule has 1 N–H and O–H groups in total. The van der Waals surface area contributed by atoms with Crippen molar-refractivity contribution >= 4 is 39.9 Å². The van der Waals surface area contributed by atoms with Gasteiger partial charge in [0.25, 0.3) is 5.91 Å². The van der Waals surface area contributed by atoms with Gasteiger partial charge in [-0.15, -0.1) is 11.3 Å². The third kappa shape index (κ3) is 3.42. The molecule has 0 aliphatic heterocycles. The van der Waals surface area contributed by atoms with Gasteiger partial charge in [0.05, 0.1) is 11.0 Å². The molecular formula is C19H14ClN3O2S. The van der Waals surface area contributed by atoms with Gasteiger partial charge in [-0.3, -0.25) is 10.2 Å². The second-order valence-electron chi connectivity index (χ2n) is 5.58. The molecule has 130 valence electrons. The number of carbonyl (C=O) groups excluding carboxylic acids is 1. The van der Waals surface area contributed by atoms with E-state index in [1.54, 1.807) is 17.1 Å². The van der Waals surface area contributed by atoms with Crippen LogP contribution in [-0.2, 0) is 6.61 Å². The Morgan fingerprint density at radius 1 is 1.19 bits per heavy atom. The van der Waals surface area contributed by atoms with Crippen LogP contribution in [0.4, 0.5) is 0 Å². The first-order valence-electron chi connectivity index (χ1n) is 7.89. The van der Waals surface area contributed by atoms with Gasteiger partial charge in [0.1, 0.15) is 23.6 Å². The summed E-state index contributed by atoms with van der Waals surface area (Å²) in [7, 11) is 0. The van der Waals surface area contributed by atoms with E-state index in [0.29, 0.717) is 22.3 Å². The molecule has 26 heavy (non-hydrogen) atoms. The number of fused-ring (bicyclic) bond motifs is 1. The summed E-state index contributed by atoms with van der Waals surface area (Å²) in [5.41, 5.74) is 5.43. The van der Waals surface area contributed by atoms with Gasteiger partial charge < -0.3 is 4.74 Å². The Labute approximate surface area is 158 Å². The molecule has 0 spiro atoms. The Bertz CT molecular complexity index is 1070. The third-order valence-corrected chi connectivity index (χ3v) is 4.92. The second kappa shape index (κ2) is 7.19. The zero-order chi connectivity index (χ0) is 17.9. The van der Waals surface area contributed by atoms with Crippen LogP contribution in [0.15, 0.2) is 66.3 Å². The molecule has 2 heterocycles. The molecule has 0 radical (unpaired) electrons. The number of halogens is 1. The smallest absolute Gasteiger partial charge is 0.284 e. The van der Waals surface area contributed by atoms with Gasteiger partial charge in [-0.2, -0.15) is 0 Å². The van der Waals surface area contributed by atoms with E-state index < -0.39 is 0 Å². The average molecular weight is 384 g/mol. The highest BCUT2D eigenvalue weighted by molar-refractivity contribution is 7.12. The van der Waals surface area contributed by atoms with Crippen molar-refractivity contribution in [2.24, 2.45) is 0 Å². The summed E-state index contributed by atoms with van der Waals surface area (Å²) in [5, 5.41) is 2.48. The summed E-state index contributed by atoms with van der Waals surface area (Å²) in [5.74, 6) is 0.293. The molecule has 0 saturated heterocycles. The van der Waals surface area contributed by atoms with Gasteiger partial charge in [0.2, 0.25) is 0 Å². The van der Waals surface area contributed by atoms with E-state index in [4.69, 9.17) is 16.3 Å². The molecule has 1 amide bonds. The van der Waals surface area contributed by atoms with Crippen LogP contribution in [0.1, 0.15) is 15.2 Å². The van der Waals surface area contributed by atoms with Crippen LogP contribution >= 0.6 is 22.9 Å². The minimum Gasteiger partial charge on any atom is -0.487 e. The lowest BCUT2D eigenvalue weighted by Gasteiger charge is -2.09. The van der Waals surface area contributed by atoms with E-state index in [0.717, 1.165) is 16.6 Å². The molecule has 0 saturated carbocycles. The number of para-hydroxylation sites is 2. The van der Waals surface area contributed by atoms with Crippen LogP contribution in [0.5, 0.6) is 5.75 Å². The van der Waals surface area contributed by atoms with Crippen molar-refractivity contribution < 1.29 is 9.53 Å². The number of aromatic nitrogens is 2. The van der Waals surface area contributed by atoms with Gasteiger partial charge in [-0.05, 0) is 41.3 Å². The standard InChI is InChI=1S/C19H14ClN3O2S/c20-14-5-3-4-13(10-14)11-25-17-8-9-26-18(17)19(24)22-23-12-21-15-6-1-2-7-16(15)23/h1-10,12H,11H2,(H,22,24). The second-order valence-corrected chi connectivity index (χ2v) is 6.93. The lowest BCUT2D eigenvalue weighted by Crippen LogP contribution is -2.21. The number of thiophene rings is 1. The first-order chi connectivity index (χ1) is 12.7. The number of carbonyl (C=O) groups is 1. The maximum Gasteiger partial charge on any atom is 0.284 e. The number of imidazole rings is 1. The Morgan fingerprint density at radius 2 is 2.08 bits per heavy atom. The fourth-order valence-corrected chi connectivity index (χ4v) is 3.51. The maximum absolute atomic E-state index is 12.7. The van der Waals surface area contributed by atoms with Gasteiger partial charge in [0, 0.05) is 5.02 Å². The average Bonchev–Trinajstić information content (AvgIpc) is 3.27. The highest BCUT2D eigenvalue weighted by Crippen LogP contribution is 2.26. The predicted octanol–water partition coefficient (Wildman–Crippen LogP) is 4.71. The lowest BCUT2D eigenvalue weighted by atomic mass is 10.2. The molecule has 0 fully saturated rings. The Kier molecular flexibility index (Phi) is 4.60.